The van der Waals surface area contributed by atoms with Gasteiger partial charge in [-0.3, -0.25) is 9.69 Å². The third-order valence-electron chi connectivity index (χ3n) is 4.62. The third-order valence-corrected chi connectivity index (χ3v) is 4.62. The Morgan fingerprint density at radius 3 is 2.55 bits per heavy atom. The van der Waals surface area contributed by atoms with E-state index in [0.29, 0.717) is 12.1 Å². The molecule has 0 bridgehead atoms. The number of ether oxygens (including phenoxy) is 2. The number of hydrogen-bond donors (Lipinski definition) is 1. The minimum Gasteiger partial charge on any atom is -0.434 e. The average Bonchev–Trinajstić information content (AvgIpc) is 2.73. The molecule has 2 aromatic rings. The maximum atomic E-state index is 12.5. The minimum absolute atomic E-state index is 0.0300. The molecule has 1 saturated heterocycles. The van der Waals surface area contributed by atoms with E-state index in [1.165, 1.54) is 18.2 Å². The number of carbonyl (C=O) groups is 1. The first kappa shape index (κ1) is 21.0. The molecule has 154 valence electrons. The van der Waals surface area contributed by atoms with Gasteiger partial charge in [0.2, 0.25) is 5.91 Å². The van der Waals surface area contributed by atoms with Gasteiger partial charge in [0.05, 0.1) is 13.2 Å². The fourth-order valence-corrected chi connectivity index (χ4v) is 3.11. The van der Waals surface area contributed by atoms with Crippen molar-refractivity contribution in [2.45, 2.75) is 19.7 Å². The summed E-state index contributed by atoms with van der Waals surface area (Å²) >= 11 is 0. The summed E-state index contributed by atoms with van der Waals surface area (Å²) < 4.78 is 34.8. The second kappa shape index (κ2) is 10.7. The first-order chi connectivity index (χ1) is 14.1. The van der Waals surface area contributed by atoms with E-state index in [-0.39, 0.29) is 11.7 Å². The fraction of sp³-hybridized carbons (Fsp3) is 0.318. The Morgan fingerprint density at radius 2 is 1.79 bits per heavy atom. The number of benzene rings is 2. The molecule has 1 fully saturated rings. The van der Waals surface area contributed by atoms with Gasteiger partial charge in [0.1, 0.15) is 5.75 Å². The minimum atomic E-state index is -2.92. The zero-order chi connectivity index (χ0) is 20.5. The summed E-state index contributed by atoms with van der Waals surface area (Å²) in [4.78, 5) is 14.5. The average molecular weight is 402 g/mol. The first-order valence-electron chi connectivity index (χ1n) is 9.48. The molecular weight excluding hydrogens is 378 g/mol. The Kier molecular flexibility index (Phi) is 7.72. The largest absolute Gasteiger partial charge is 0.434 e. The zero-order valence-corrected chi connectivity index (χ0v) is 16.0. The summed E-state index contributed by atoms with van der Waals surface area (Å²) in [6.45, 7) is 1.54. The van der Waals surface area contributed by atoms with Crippen LogP contribution in [0, 0.1) is 0 Å². The Balaban J connectivity index is 1.58. The SMILES string of the molecule is O=C(C=Cc1ccccc1OC(F)F)NCc1ccccc1CN1CCOCC1. The van der Waals surface area contributed by atoms with Crippen molar-refractivity contribution in [1.82, 2.24) is 10.2 Å². The van der Waals surface area contributed by atoms with Crippen LogP contribution in [-0.2, 0) is 22.6 Å². The molecule has 1 heterocycles. The second-order valence-corrected chi connectivity index (χ2v) is 6.62. The van der Waals surface area contributed by atoms with Crippen molar-refractivity contribution in [3.63, 3.8) is 0 Å². The van der Waals surface area contributed by atoms with Gasteiger partial charge in [-0.15, -0.1) is 0 Å². The second-order valence-electron chi connectivity index (χ2n) is 6.62. The normalized spacial score (nSPS) is 15.0. The molecule has 7 heteroatoms. The number of amides is 1. The highest BCUT2D eigenvalue weighted by atomic mass is 19.3. The van der Waals surface area contributed by atoms with E-state index >= 15 is 0 Å². The molecule has 3 rings (SSSR count). The van der Waals surface area contributed by atoms with Crippen LogP contribution in [0.25, 0.3) is 6.08 Å². The van der Waals surface area contributed by atoms with Gasteiger partial charge in [0.15, 0.2) is 0 Å². The topological polar surface area (TPSA) is 50.8 Å². The highest BCUT2D eigenvalue weighted by Gasteiger charge is 2.13. The van der Waals surface area contributed by atoms with Crippen LogP contribution in [0.1, 0.15) is 16.7 Å². The van der Waals surface area contributed by atoms with Crippen molar-refractivity contribution >= 4 is 12.0 Å². The Hall–Kier alpha value is -2.77. The quantitative estimate of drug-likeness (QED) is 0.688. The van der Waals surface area contributed by atoms with Crippen molar-refractivity contribution in [2.24, 2.45) is 0 Å². The summed E-state index contributed by atoms with van der Waals surface area (Å²) in [5.41, 5.74) is 2.62. The molecule has 1 aliphatic rings. The Bertz CT molecular complexity index is 836. The number of hydrogen-bond acceptors (Lipinski definition) is 4. The predicted octanol–water partition coefficient (Wildman–Crippen LogP) is 3.45. The lowest BCUT2D eigenvalue weighted by molar-refractivity contribution is -0.116. The maximum absolute atomic E-state index is 12.5. The van der Waals surface area contributed by atoms with Crippen LogP contribution < -0.4 is 10.1 Å². The van der Waals surface area contributed by atoms with Gasteiger partial charge < -0.3 is 14.8 Å². The smallest absolute Gasteiger partial charge is 0.387 e. The van der Waals surface area contributed by atoms with E-state index in [2.05, 4.69) is 21.0 Å². The number of carbonyl (C=O) groups excluding carboxylic acids is 1. The highest BCUT2D eigenvalue weighted by Crippen LogP contribution is 2.21. The Labute approximate surface area is 168 Å². The standard InChI is InChI=1S/C22H24F2N2O3/c23-22(24)29-20-8-4-3-5-17(20)9-10-21(27)25-15-18-6-1-2-7-19(18)16-26-11-13-28-14-12-26/h1-10,22H,11-16H2,(H,25,27). The number of morpholine rings is 1. The molecule has 0 unspecified atom stereocenters. The van der Waals surface area contributed by atoms with Gasteiger partial charge >= 0.3 is 6.61 Å². The van der Waals surface area contributed by atoms with E-state index < -0.39 is 6.61 Å². The molecule has 0 saturated carbocycles. The lowest BCUT2D eigenvalue weighted by atomic mass is 10.1. The number of para-hydroxylation sites is 1. The summed E-state index contributed by atoms with van der Waals surface area (Å²) in [7, 11) is 0. The van der Waals surface area contributed by atoms with E-state index in [1.807, 2.05) is 18.2 Å². The van der Waals surface area contributed by atoms with Crippen molar-refractivity contribution in [3.05, 3.63) is 71.3 Å². The van der Waals surface area contributed by atoms with Crippen molar-refractivity contribution in [1.29, 1.82) is 0 Å². The van der Waals surface area contributed by atoms with Gasteiger partial charge in [-0.1, -0.05) is 42.5 Å². The van der Waals surface area contributed by atoms with E-state index in [1.54, 1.807) is 18.2 Å². The number of rotatable bonds is 8. The number of nitrogens with zero attached hydrogens (tertiary/aromatic N) is 1. The highest BCUT2D eigenvalue weighted by molar-refractivity contribution is 5.92. The summed E-state index contributed by atoms with van der Waals surface area (Å²) in [6.07, 6.45) is 2.78. The molecule has 29 heavy (non-hydrogen) atoms. The van der Waals surface area contributed by atoms with Gasteiger partial charge in [-0.2, -0.15) is 8.78 Å². The van der Waals surface area contributed by atoms with E-state index in [4.69, 9.17) is 4.74 Å². The third kappa shape index (κ3) is 6.66. The van der Waals surface area contributed by atoms with Gasteiger partial charge in [-0.25, -0.2) is 0 Å². The van der Waals surface area contributed by atoms with Crippen LogP contribution in [0.15, 0.2) is 54.6 Å². The molecule has 1 amide bonds. The van der Waals surface area contributed by atoms with Crippen LogP contribution in [0.2, 0.25) is 0 Å². The van der Waals surface area contributed by atoms with Crippen LogP contribution in [-0.4, -0.2) is 43.7 Å². The molecule has 1 aliphatic heterocycles. The molecule has 0 atom stereocenters. The number of nitrogens with one attached hydrogen (secondary N) is 1. The molecule has 5 nitrogen and oxygen atoms in total. The van der Waals surface area contributed by atoms with Crippen LogP contribution >= 0.6 is 0 Å². The van der Waals surface area contributed by atoms with Gasteiger partial charge in [0, 0.05) is 37.8 Å². The van der Waals surface area contributed by atoms with E-state index in [0.717, 1.165) is 44.0 Å². The summed E-state index contributed by atoms with van der Waals surface area (Å²) in [5, 5.41) is 2.85. The molecule has 1 N–H and O–H groups in total. The van der Waals surface area contributed by atoms with Crippen molar-refractivity contribution in [2.75, 3.05) is 26.3 Å². The maximum Gasteiger partial charge on any atom is 0.387 e. The van der Waals surface area contributed by atoms with Crippen molar-refractivity contribution < 1.29 is 23.0 Å². The van der Waals surface area contributed by atoms with Crippen LogP contribution in [0.3, 0.4) is 0 Å². The van der Waals surface area contributed by atoms with Crippen molar-refractivity contribution in [3.8, 4) is 5.75 Å². The summed E-state index contributed by atoms with van der Waals surface area (Å²) in [6, 6.07) is 14.3. The Morgan fingerprint density at radius 1 is 1.10 bits per heavy atom. The van der Waals surface area contributed by atoms with Crippen LogP contribution in [0.5, 0.6) is 5.75 Å². The first-order valence-corrected chi connectivity index (χ1v) is 9.48. The molecule has 2 aromatic carbocycles. The fourth-order valence-electron chi connectivity index (χ4n) is 3.11. The monoisotopic (exact) mass is 402 g/mol. The number of halogens is 2. The molecular formula is C22H24F2N2O3. The number of alkyl halides is 2. The van der Waals surface area contributed by atoms with Crippen LogP contribution in [0.4, 0.5) is 8.78 Å². The molecule has 0 aliphatic carbocycles. The summed E-state index contributed by atoms with van der Waals surface area (Å²) in [5.74, 6) is -0.277. The predicted molar refractivity (Wildman–Crippen MR) is 106 cm³/mol. The van der Waals surface area contributed by atoms with Gasteiger partial charge in [0.25, 0.3) is 0 Å². The van der Waals surface area contributed by atoms with E-state index in [9.17, 15) is 13.6 Å². The molecule has 0 spiro atoms. The zero-order valence-electron chi connectivity index (χ0n) is 16.0. The molecule has 0 aromatic heterocycles. The molecule has 0 radical (unpaired) electrons. The van der Waals surface area contributed by atoms with Gasteiger partial charge in [-0.05, 0) is 23.3 Å². The lowest BCUT2D eigenvalue weighted by Gasteiger charge is -2.27. The lowest BCUT2D eigenvalue weighted by Crippen LogP contribution is -2.36.